The highest BCUT2D eigenvalue weighted by Crippen LogP contribution is 2.27. The van der Waals surface area contributed by atoms with Gasteiger partial charge in [-0.05, 0) is 30.3 Å². The summed E-state index contributed by atoms with van der Waals surface area (Å²) in [7, 11) is 3.02. The predicted molar refractivity (Wildman–Crippen MR) is 83.0 cm³/mol. The van der Waals surface area contributed by atoms with Crippen LogP contribution in [0.3, 0.4) is 0 Å². The summed E-state index contributed by atoms with van der Waals surface area (Å²) in [5.41, 5.74) is -0.301. The largest absolute Gasteiger partial charge is 0.496 e. The number of amides is 1. The van der Waals surface area contributed by atoms with Crippen LogP contribution in [0.1, 0.15) is 21.6 Å². The molecule has 1 heterocycles. The van der Waals surface area contributed by atoms with Gasteiger partial charge in [-0.3, -0.25) is 9.78 Å². The number of alkyl halides is 3. The molecule has 0 saturated heterocycles. The Balaban J connectivity index is 2.17. The minimum Gasteiger partial charge on any atom is -0.496 e. The topological polar surface area (TPSA) is 42.4 Å². The second-order valence-corrected chi connectivity index (χ2v) is 5.48. The fraction of sp³-hybridized carbons (Fsp3) is 0.250. The van der Waals surface area contributed by atoms with E-state index >= 15 is 0 Å². The zero-order chi connectivity index (χ0) is 17.9. The van der Waals surface area contributed by atoms with Crippen LogP contribution in [0.5, 0.6) is 5.75 Å². The molecule has 128 valence electrons. The van der Waals surface area contributed by atoms with E-state index in [0.29, 0.717) is 16.3 Å². The average Bonchev–Trinajstić information content (AvgIpc) is 2.53. The first-order chi connectivity index (χ1) is 11.2. The lowest BCUT2D eigenvalue weighted by Crippen LogP contribution is -2.26. The monoisotopic (exact) mass is 358 g/mol. The smallest absolute Gasteiger partial charge is 0.433 e. The van der Waals surface area contributed by atoms with Crippen molar-refractivity contribution in [1.29, 1.82) is 0 Å². The van der Waals surface area contributed by atoms with Gasteiger partial charge in [-0.15, -0.1) is 0 Å². The van der Waals surface area contributed by atoms with Gasteiger partial charge in [0.15, 0.2) is 0 Å². The molecule has 0 unspecified atom stereocenters. The molecule has 0 N–H and O–H groups in total. The lowest BCUT2D eigenvalue weighted by atomic mass is 10.1. The molecule has 2 aromatic rings. The van der Waals surface area contributed by atoms with E-state index in [2.05, 4.69) is 4.98 Å². The summed E-state index contributed by atoms with van der Waals surface area (Å²) in [4.78, 5) is 17.0. The van der Waals surface area contributed by atoms with E-state index in [0.717, 1.165) is 18.3 Å². The fourth-order valence-electron chi connectivity index (χ4n) is 2.11. The molecular formula is C16H14ClF3N2O2. The van der Waals surface area contributed by atoms with Gasteiger partial charge in [-0.1, -0.05) is 11.6 Å². The number of nitrogens with zero attached hydrogens (tertiary/aromatic N) is 2. The maximum Gasteiger partial charge on any atom is 0.433 e. The van der Waals surface area contributed by atoms with Gasteiger partial charge in [0.2, 0.25) is 0 Å². The molecule has 4 nitrogen and oxygen atoms in total. The normalized spacial score (nSPS) is 11.2. The summed E-state index contributed by atoms with van der Waals surface area (Å²) in [5.74, 6) is 0.0999. The van der Waals surface area contributed by atoms with E-state index in [-0.39, 0.29) is 12.1 Å². The van der Waals surface area contributed by atoms with Gasteiger partial charge in [0.1, 0.15) is 11.4 Å². The van der Waals surface area contributed by atoms with Crippen LogP contribution in [0.15, 0.2) is 36.5 Å². The van der Waals surface area contributed by atoms with Crippen LogP contribution in [0, 0.1) is 0 Å². The Bertz CT molecular complexity index is 733. The molecule has 1 aromatic heterocycles. The van der Waals surface area contributed by atoms with Gasteiger partial charge in [0.25, 0.3) is 5.91 Å². The highest BCUT2D eigenvalue weighted by molar-refractivity contribution is 6.30. The van der Waals surface area contributed by atoms with E-state index < -0.39 is 17.8 Å². The number of methoxy groups -OCH3 is 1. The summed E-state index contributed by atoms with van der Waals surface area (Å²) in [5, 5.41) is 0.489. The van der Waals surface area contributed by atoms with Gasteiger partial charge < -0.3 is 9.64 Å². The number of rotatable bonds is 4. The molecule has 0 spiro atoms. The zero-order valence-electron chi connectivity index (χ0n) is 12.9. The van der Waals surface area contributed by atoms with E-state index in [1.54, 1.807) is 18.2 Å². The van der Waals surface area contributed by atoms with Crippen molar-refractivity contribution in [2.45, 2.75) is 12.7 Å². The number of hydrogen-bond acceptors (Lipinski definition) is 3. The van der Waals surface area contributed by atoms with Crippen molar-refractivity contribution in [3.8, 4) is 5.75 Å². The molecule has 0 aliphatic rings. The van der Waals surface area contributed by atoms with E-state index in [1.165, 1.54) is 19.1 Å². The van der Waals surface area contributed by atoms with Crippen molar-refractivity contribution < 1.29 is 22.7 Å². The van der Waals surface area contributed by atoms with Crippen LogP contribution < -0.4 is 4.74 Å². The first-order valence-corrected chi connectivity index (χ1v) is 7.21. The van der Waals surface area contributed by atoms with Gasteiger partial charge in [-0.25, -0.2) is 0 Å². The van der Waals surface area contributed by atoms with Crippen molar-refractivity contribution in [2.24, 2.45) is 0 Å². The summed E-state index contributed by atoms with van der Waals surface area (Å²) in [6.45, 7) is 0.184. The van der Waals surface area contributed by atoms with Gasteiger partial charge in [0.05, 0.1) is 12.7 Å². The van der Waals surface area contributed by atoms with Crippen molar-refractivity contribution in [1.82, 2.24) is 9.88 Å². The molecule has 8 heteroatoms. The van der Waals surface area contributed by atoms with Gasteiger partial charge in [-0.2, -0.15) is 13.2 Å². The van der Waals surface area contributed by atoms with Crippen LogP contribution in [-0.4, -0.2) is 29.9 Å². The summed E-state index contributed by atoms with van der Waals surface area (Å²) in [6.07, 6.45) is -3.63. The number of hydrogen-bond donors (Lipinski definition) is 0. The predicted octanol–water partition coefficient (Wildman–Crippen LogP) is 4.03. The third-order valence-electron chi connectivity index (χ3n) is 3.30. The number of pyridine rings is 1. The molecule has 1 amide bonds. The summed E-state index contributed by atoms with van der Waals surface area (Å²) in [6, 6.07) is 6.88. The molecule has 0 bridgehead atoms. The standard InChI is InChI=1S/C16H14ClF3N2O2/c1-22(9-11-7-12(17)4-5-13(11)24-2)15(23)10-3-6-14(21-8-10)16(18,19)20/h3-8H,9H2,1-2H3. The average molecular weight is 359 g/mol. The summed E-state index contributed by atoms with van der Waals surface area (Å²) < 4.78 is 42.7. The number of benzene rings is 1. The number of halogens is 4. The third kappa shape index (κ3) is 4.17. The second-order valence-electron chi connectivity index (χ2n) is 5.05. The quantitative estimate of drug-likeness (QED) is 0.828. The second kappa shape index (κ2) is 7.09. The molecule has 2 rings (SSSR count). The Hall–Kier alpha value is -2.28. The lowest BCUT2D eigenvalue weighted by Gasteiger charge is -2.19. The Morgan fingerprint density at radius 2 is 2.00 bits per heavy atom. The van der Waals surface area contributed by atoms with Crippen LogP contribution >= 0.6 is 11.6 Å². The van der Waals surface area contributed by atoms with Crippen LogP contribution in [0.25, 0.3) is 0 Å². The minimum atomic E-state index is -4.54. The van der Waals surface area contributed by atoms with Gasteiger partial charge >= 0.3 is 6.18 Å². The third-order valence-corrected chi connectivity index (χ3v) is 3.53. The fourth-order valence-corrected chi connectivity index (χ4v) is 2.30. The zero-order valence-corrected chi connectivity index (χ0v) is 13.6. The first kappa shape index (κ1) is 18.1. The number of ether oxygens (including phenoxy) is 1. The maximum absolute atomic E-state index is 12.5. The Morgan fingerprint density at radius 3 is 2.54 bits per heavy atom. The molecule has 0 aliphatic carbocycles. The van der Waals surface area contributed by atoms with Crippen LogP contribution in [0.2, 0.25) is 5.02 Å². The molecule has 24 heavy (non-hydrogen) atoms. The Kier molecular flexibility index (Phi) is 5.33. The SMILES string of the molecule is COc1ccc(Cl)cc1CN(C)C(=O)c1ccc(C(F)(F)F)nc1. The lowest BCUT2D eigenvalue weighted by molar-refractivity contribution is -0.141. The molecular weight excluding hydrogens is 345 g/mol. The first-order valence-electron chi connectivity index (χ1n) is 6.83. The molecule has 0 radical (unpaired) electrons. The molecule has 0 aliphatic heterocycles. The molecule has 0 atom stereocenters. The Labute approximate surface area is 141 Å². The summed E-state index contributed by atoms with van der Waals surface area (Å²) >= 11 is 5.94. The van der Waals surface area contributed by atoms with Crippen LogP contribution in [0.4, 0.5) is 13.2 Å². The highest BCUT2D eigenvalue weighted by Gasteiger charge is 2.32. The van der Waals surface area contributed by atoms with E-state index in [1.807, 2.05) is 0 Å². The van der Waals surface area contributed by atoms with Crippen molar-refractivity contribution in [2.75, 3.05) is 14.2 Å². The van der Waals surface area contributed by atoms with E-state index in [9.17, 15) is 18.0 Å². The molecule has 0 fully saturated rings. The molecule has 0 saturated carbocycles. The maximum atomic E-state index is 12.5. The van der Waals surface area contributed by atoms with E-state index in [4.69, 9.17) is 16.3 Å². The minimum absolute atomic E-state index is 0.0616. The van der Waals surface area contributed by atoms with Crippen LogP contribution in [-0.2, 0) is 12.7 Å². The van der Waals surface area contributed by atoms with Crippen molar-refractivity contribution in [3.63, 3.8) is 0 Å². The Morgan fingerprint density at radius 1 is 1.29 bits per heavy atom. The van der Waals surface area contributed by atoms with Crippen molar-refractivity contribution >= 4 is 17.5 Å². The van der Waals surface area contributed by atoms with Gasteiger partial charge in [0, 0.05) is 30.4 Å². The number of aromatic nitrogens is 1. The number of carbonyl (C=O) groups excluding carboxylic acids is 1. The van der Waals surface area contributed by atoms with Crippen molar-refractivity contribution in [3.05, 3.63) is 58.4 Å². The number of carbonyl (C=O) groups is 1. The molecule has 1 aromatic carbocycles. The highest BCUT2D eigenvalue weighted by atomic mass is 35.5.